The second-order valence-electron chi connectivity index (χ2n) is 10.2. The number of carbonyl (C=O) groups is 1. The summed E-state index contributed by atoms with van der Waals surface area (Å²) < 4.78 is 43.4. The molecule has 5 nitrogen and oxygen atoms in total. The Morgan fingerprint density at radius 1 is 0.826 bits per heavy atom. The van der Waals surface area contributed by atoms with E-state index < -0.39 is 18.1 Å². The molecule has 0 fully saturated rings. The molecule has 0 saturated carbocycles. The number of hydrogen-bond acceptors (Lipinski definition) is 4. The molecule has 0 saturated heterocycles. The summed E-state index contributed by atoms with van der Waals surface area (Å²) in [5.41, 5.74) is 9.82. The fourth-order valence-electron chi connectivity index (χ4n) is 5.37. The Bertz CT molecular complexity index is 2220. The van der Waals surface area contributed by atoms with Gasteiger partial charge in [-0.05, 0) is 78.2 Å². The Kier molecular flexibility index (Phi) is 8.29. The predicted molar refractivity (Wildman–Crippen MR) is 174 cm³/mol. The van der Waals surface area contributed by atoms with E-state index in [1.54, 1.807) is 54.6 Å². The van der Waals surface area contributed by atoms with Crippen LogP contribution in [0.1, 0.15) is 33.5 Å². The highest BCUT2D eigenvalue weighted by Crippen LogP contribution is 2.47. The summed E-state index contributed by atoms with van der Waals surface area (Å²) >= 11 is 7.81. The normalized spacial score (nSPS) is 11.0. The molecule has 6 aromatic rings. The van der Waals surface area contributed by atoms with Crippen molar-refractivity contribution in [1.82, 2.24) is 3.97 Å². The molecule has 0 aliphatic carbocycles. The van der Waals surface area contributed by atoms with Crippen LogP contribution >= 0.6 is 23.5 Å². The molecule has 0 unspecified atom stereocenters. The predicted octanol–water partition coefficient (Wildman–Crippen LogP) is 9.77. The minimum atomic E-state index is -2.63. The van der Waals surface area contributed by atoms with E-state index in [1.807, 2.05) is 22.2 Å². The first-order chi connectivity index (χ1) is 22.2. The number of rotatable bonds is 7. The van der Waals surface area contributed by atoms with Gasteiger partial charge in [-0.15, -0.1) is 0 Å². The van der Waals surface area contributed by atoms with E-state index in [-0.39, 0.29) is 22.3 Å². The van der Waals surface area contributed by atoms with Gasteiger partial charge in [0.15, 0.2) is 0 Å². The van der Waals surface area contributed by atoms with Crippen LogP contribution in [0.5, 0.6) is 0 Å². The van der Waals surface area contributed by atoms with Crippen LogP contribution in [-0.4, -0.2) is 9.88 Å². The molecule has 10 heteroatoms. The topological polar surface area (TPSA) is 95.6 Å². The Hall–Kier alpha value is -5.48. The van der Waals surface area contributed by atoms with E-state index in [0.717, 1.165) is 0 Å². The molecule has 0 atom stereocenters. The molecule has 0 radical (unpaired) electrons. The third-order valence-corrected chi connectivity index (χ3v) is 8.83. The molecule has 0 aliphatic rings. The van der Waals surface area contributed by atoms with Crippen LogP contribution in [-0.2, 0) is 0 Å². The third-order valence-electron chi connectivity index (χ3n) is 7.47. The molecule has 1 amide bonds. The van der Waals surface area contributed by atoms with Crippen LogP contribution in [0, 0.1) is 28.5 Å². The van der Waals surface area contributed by atoms with Crippen LogP contribution < -0.4 is 5.73 Å². The molecule has 0 aliphatic heterocycles. The fourth-order valence-corrected chi connectivity index (χ4v) is 6.67. The Morgan fingerprint density at radius 2 is 1.50 bits per heavy atom. The fraction of sp³-hybridized carbons (Fsp3) is 0.0278. The van der Waals surface area contributed by atoms with Crippen LogP contribution in [0.15, 0.2) is 108 Å². The Morgan fingerprint density at radius 3 is 2.13 bits per heavy atom. The number of alkyl halides is 2. The SMILES string of the molecule is N#Cc1cccc(C#N)c1-c1c(-c2cccc(-c3ccc(C(N)=O)cc3Cl)c2)n(Sc2ccc(C(F)F)cc2)c2ccc(F)cc12. The number of hydrogen-bond donors (Lipinski definition) is 1. The molecule has 46 heavy (non-hydrogen) atoms. The van der Waals surface area contributed by atoms with Gasteiger partial charge in [0, 0.05) is 48.7 Å². The zero-order valence-corrected chi connectivity index (χ0v) is 25.2. The number of nitriles is 2. The number of nitrogens with zero attached hydrogens (tertiary/aromatic N) is 3. The number of aromatic nitrogens is 1. The smallest absolute Gasteiger partial charge is 0.263 e. The van der Waals surface area contributed by atoms with Crippen molar-refractivity contribution in [2.45, 2.75) is 11.3 Å². The molecule has 2 N–H and O–H groups in total. The number of benzene rings is 5. The molecule has 1 aromatic heterocycles. The van der Waals surface area contributed by atoms with E-state index in [2.05, 4.69) is 12.1 Å². The maximum atomic E-state index is 14.9. The first-order valence-electron chi connectivity index (χ1n) is 13.7. The summed E-state index contributed by atoms with van der Waals surface area (Å²) in [6.07, 6.45) is -2.63. The zero-order valence-electron chi connectivity index (χ0n) is 23.6. The standard InChI is InChI=1S/C36H20ClF3N4OS/c37-30-16-23(36(43)45)9-13-28(30)21-3-1-4-22(15-21)34-33(32-24(18-41)5-2-6-25(32)19-42)29-17-26(38)10-14-31(29)44(34)46-27-11-7-20(8-12-27)35(39)40/h1-17,35H,(H2,43,45). The maximum absolute atomic E-state index is 14.9. The summed E-state index contributed by atoms with van der Waals surface area (Å²) in [4.78, 5) is 12.3. The molecule has 0 spiro atoms. The van der Waals surface area contributed by atoms with Crippen molar-refractivity contribution in [3.8, 4) is 45.6 Å². The van der Waals surface area contributed by atoms with Gasteiger partial charge < -0.3 is 5.73 Å². The first-order valence-corrected chi connectivity index (χ1v) is 14.9. The average Bonchev–Trinajstić information content (AvgIpc) is 3.36. The van der Waals surface area contributed by atoms with Gasteiger partial charge in [0.2, 0.25) is 5.91 Å². The van der Waals surface area contributed by atoms with E-state index in [1.165, 1.54) is 42.3 Å². The number of amides is 1. The molecular formula is C36H20ClF3N4OS. The number of carbonyl (C=O) groups excluding carboxylic acids is 1. The van der Waals surface area contributed by atoms with Gasteiger partial charge in [0.05, 0.1) is 34.5 Å². The van der Waals surface area contributed by atoms with Crippen LogP contribution in [0.3, 0.4) is 0 Å². The van der Waals surface area contributed by atoms with Gasteiger partial charge in [-0.3, -0.25) is 8.77 Å². The highest BCUT2D eigenvalue weighted by Gasteiger charge is 2.26. The second kappa shape index (κ2) is 12.5. The third kappa shape index (κ3) is 5.59. The minimum Gasteiger partial charge on any atom is -0.366 e. The second-order valence-corrected chi connectivity index (χ2v) is 11.7. The van der Waals surface area contributed by atoms with Crippen molar-refractivity contribution >= 4 is 40.4 Å². The number of primary amides is 1. The lowest BCUT2D eigenvalue weighted by atomic mass is 9.90. The lowest BCUT2D eigenvalue weighted by Crippen LogP contribution is -2.10. The quantitative estimate of drug-likeness (QED) is 0.186. The number of nitrogens with two attached hydrogens (primary N) is 1. The number of fused-ring (bicyclic) bond motifs is 1. The molecule has 224 valence electrons. The van der Waals surface area contributed by atoms with Crippen molar-refractivity contribution in [2.24, 2.45) is 5.73 Å². The van der Waals surface area contributed by atoms with Crippen molar-refractivity contribution in [2.75, 3.05) is 0 Å². The molecule has 5 aromatic carbocycles. The van der Waals surface area contributed by atoms with E-state index >= 15 is 0 Å². The Balaban J connectivity index is 1.68. The van der Waals surface area contributed by atoms with Crippen LogP contribution in [0.25, 0.3) is 44.4 Å². The molecular weight excluding hydrogens is 629 g/mol. The first kappa shape index (κ1) is 30.5. The summed E-state index contributed by atoms with van der Waals surface area (Å²) in [6.45, 7) is 0. The lowest BCUT2D eigenvalue weighted by molar-refractivity contribution is 0.1000. The van der Waals surface area contributed by atoms with Gasteiger partial charge in [0.1, 0.15) is 5.82 Å². The molecule has 0 bridgehead atoms. The summed E-state index contributed by atoms with van der Waals surface area (Å²) in [6, 6.07) is 31.3. The molecule has 6 rings (SSSR count). The van der Waals surface area contributed by atoms with Crippen molar-refractivity contribution in [3.63, 3.8) is 0 Å². The highest BCUT2D eigenvalue weighted by atomic mass is 35.5. The Labute approximate surface area is 271 Å². The highest BCUT2D eigenvalue weighted by molar-refractivity contribution is 7.98. The maximum Gasteiger partial charge on any atom is 0.263 e. The minimum absolute atomic E-state index is 0.127. The van der Waals surface area contributed by atoms with E-state index in [0.29, 0.717) is 54.3 Å². The van der Waals surface area contributed by atoms with Crippen molar-refractivity contribution in [3.05, 3.63) is 136 Å². The van der Waals surface area contributed by atoms with Gasteiger partial charge in [-0.25, -0.2) is 13.2 Å². The van der Waals surface area contributed by atoms with E-state index in [9.17, 15) is 28.5 Å². The van der Waals surface area contributed by atoms with Gasteiger partial charge >= 0.3 is 0 Å². The average molecular weight is 649 g/mol. The monoisotopic (exact) mass is 648 g/mol. The zero-order chi connectivity index (χ0) is 32.5. The van der Waals surface area contributed by atoms with Crippen LogP contribution in [0.4, 0.5) is 13.2 Å². The summed E-state index contributed by atoms with van der Waals surface area (Å²) in [7, 11) is 0. The lowest BCUT2D eigenvalue weighted by Gasteiger charge is -2.15. The summed E-state index contributed by atoms with van der Waals surface area (Å²) in [5, 5.41) is 21.0. The van der Waals surface area contributed by atoms with E-state index in [4.69, 9.17) is 17.3 Å². The van der Waals surface area contributed by atoms with Gasteiger partial charge in [-0.1, -0.05) is 54.1 Å². The number of halogens is 4. The largest absolute Gasteiger partial charge is 0.366 e. The van der Waals surface area contributed by atoms with Crippen molar-refractivity contribution < 1.29 is 18.0 Å². The van der Waals surface area contributed by atoms with Gasteiger partial charge in [0.25, 0.3) is 6.43 Å². The van der Waals surface area contributed by atoms with Crippen LogP contribution in [0.2, 0.25) is 5.02 Å². The van der Waals surface area contributed by atoms with Gasteiger partial charge in [-0.2, -0.15) is 10.5 Å². The molecule has 1 heterocycles. The summed E-state index contributed by atoms with van der Waals surface area (Å²) in [5.74, 6) is -1.14. The van der Waals surface area contributed by atoms with Crippen molar-refractivity contribution in [1.29, 1.82) is 10.5 Å².